The van der Waals surface area contributed by atoms with Crippen molar-refractivity contribution in [1.29, 1.82) is 0 Å². The van der Waals surface area contributed by atoms with Crippen molar-refractivity contribution in [2.75, 3.05) is 12.8 Å². The third-order valence-corrected chi connectivity index (χ3v) is 4.38. The maximum atomic E-state index is 12.1. The summed E-state index contributed by atoms with van der Waals surface area (Å²) in [4.78, 5) is 41.1. The number of carbonyl (C=O) groups is 3. The highest BCUT2D eigenvalue weighted by molar-refractivity contribution is 7.98. The van der Waals surface area contributed by atoms with Gasteiger partial charge < -0.3 is 15.2 Å². The molecule has 4 amide bonds. The van der Waals surface area contributed by atoms with Gasteiger partial charge in [-0.1, -0.05) is 18.7 Å². The number of nitrogens with one attached hydrogen (secondary N) is 2. The Balaban J connectivity index is 1.86. The molecule has 2 heterocycles. The number of rotatable bonds is 7. The Labute approximate surface area is 139 Å². The molecule has 0 aromatic carbocycles. The summed E-state index contributed by atoms with van der Waals surface area (Å²) in [5.74, 6) is -0.619. The molecule has 0 unspecified atom stereocenters. The van der Waals surface area contributed by atoms with E-state index < -0.39 is 12.1 Å². The molecule has 126 valence electrons. The molecule has 2 N–H and O–H groups in total. The van der Waals surface area contributed by atoms with Crippen molar-refractivity contribution in [1.82, 2.24) is 25.1 Å². The van der Waals surface area contributed by atoms with E-state index in [1.807, 2.05) is 24.8 Å². The lowest BCUT2D eigenvalue weighted by molar-refractivity contribution is -0.130. The number of imide groups is 1. The van der Waals surface area contributed by atoms with E-state index in [0.29, 0.717) is 19.5 Å². The van der Waals surface area contributed by atoms with Crippen LogP contribution in [0.4, 0.5) is 4.79 Å². The van der Waals surface area contributed by atoms with Gasteiger partial charge in [-0.3, -0.25) is 14.5 Å². The van der Waals surface area contributed by atoms with Crippen molar-refractivity contribution >= 4 is 29.6 Å². The molecule has 0 bridgehead atoms. The summed E-state index contributed by atoms with van der Waals surface area (Å²) in [5, 5.41) is 6.17. The molecule has 8 nitrogen and oxygen atoms in total. The maximum absolute atomic E-state index is 12.1. The minimum absolute atomic E-state index is 0.0575. The fraction of sp³-hybridized carbons (Fsp3) is 0.571. The first-order valence-electron chi connectivity index (χ1n) is 7.41. The lowest BCUT2D eigenvalue weighted by Gasteiger charge is -2.11. The number of aromatic nitrogens is 2. The van der Waals surface area contributed by atoms with E-state index in [0.717, 1.165) is 15.8 Å². The van der Waals surface area contributed by atoms with Crippen LogP contribution in [0.2, 0.25) is 0 Å². The number of amides is 4. The van der Waals surface area contributed by atoms with Crippen LogP contribution in [-0.4, -0.2) is 51.1 Å². The van der Waals surface area contributed by atoms with Gasteiger partial charge in [0.05, 0.1) is 24.9 Å². The van der Waals surface area contributed by atoms with Crippen molar-refractivity contribution < 1.29 is 14.4 Å². The number of imidazole rings is 1. The van der Waals surface area contributed by atoms with Crippen molar-refractivity contribution in [2.24, 2.45) is 7.05 Å². The van der Waals surface area contributed by atoms with E-state index in [9.17, 15) is 14.4 Å². The van der Waals surface area contributed by atoms with Crippen LogP contribution in [0.15, 0.2) is 11.4 Å². The Bertz CT molecular complexity index is 616. The average molecular weight is 339 g/mol. The molecule has 1 aromatic heterocycles. The first kappa shape index (κ1) is 17.3. The molecule has 1 aromatic rings. The Hall–Kier alpha value is -2.03. The van der Waals surface area contributed by atoms with Crippen LogP contribution >= 0.6 is 11.8 Å². The maximum Gasteiger partial charge on any atom is 0.324 e. The molecule has 2 rings (SSSR count). The second-order valence-corrected chi connectivity index (χ2v) is 6.04. The molecule has 1 fully saturated rings. The van der Waals surface area contributed by atoms with Gasteiger partial charge in [0.1, 0.15) is 6.04 Å². The molecule has 0 aliphatic carbocycles. The predicted octanol–water partition coefficient (Wildman–Crippen LogP) is 0.479. The number of hydrogen-bond acceptors (Lipinski definition) is 5. The van der Waals surface area contributed by atoms with Crippen molar-refractivity contribution in [2.45, 2.75) is 37.5 Å². The average Bonchev–Trinajstić information content (AvgIpc) is 3.00. The largest absolute Gasteiger partial charge is 0.350 e. The van der Waals surface area contributed by atoms with Crippen molar-refractivity contribution in [3.05, 3.63) is 11.9 Å². The van der Waals surface area contributed by atoms with Gasteiger partial charge in [-0.2, -0.15) is 0 Å². The number of thioether (sulfide) groups is 1. The first-order chi connectivity index (χ1) is 11.0. The number of carbonyl (C=O) groups excluding carboxylic acids is 3. The molecule has 23 heavy (non-hydrogen) atoms. The fourth-order valence-electron chi connectivity index (χ4n) is 2.38. The molecule has 1 aliphatic heterocycles. The predicted molar refractivity (Wildman–Crippen MR) is 85.8 cm³/mol. The Kier molecular flexibility index (Phi) is 5.64. The lowest BCUT2D eigenvalue weighted by atomic mass is 10.2. The molecular weight excluding hydrogens is 318 g/mol. The summed E-state index contributed by atoms with van der Waals surface area (Å²) in [7, 11) is 1.88. The summed E-state index contributed by atoms with van der Waals surface area (Å²) >= 11 is 1.52. The van der Waals surface area contributed by atoms with Gasteiger partial charge >= 0.3 is 6.03 Å². The number of nitrogens with zero attached hydrogens (tertiary/aromatic N) is 3. The quantitative estimate of drug-likeness (QED) is 0.556. The fourth-order valence-corrected chi connectivity index (χ4v) is 2.93. The molecule has 1 aliphatic rings. The normalized spacial score (nSPS) is 17.5. The van der Waals surface area contributed by atoms with Crippen molar-refractivity contribution in [3.8, 4) is 0 Å². The van der Waals surface area contributed by atoms with Crippen molar-refractivity contribution in [3.63, 3.8) is 0 Å². The molecule has 0 spiro atoms. The van der Waals surface area contributed by atoms with E-state index >= 15 is 0 Å². The number of hydrogen-bond donors (Lipinski definition) is 2. The molecule has 1 saturated heterocycles. The summed E-state index contributed by atoms with van der Waals surface area (Å²) in [6, 6.07) is -1.20. The van der Waals surface area contributed by atoms with Crippen LogP contribution in [0.25, 0.3) is 0 Å². The van der Waals surface area contributed by atoms with Gasteiger partial charge in [0.25, 0.3) is 5.91 Å². The van der Waals surface area contributed by atoms with E-state index in [1.165, 1.54) is 11.8 Å². The SMILES string of the molecule is CCCN1C(=O)N[C@@H](CC(=O)NCc2cnc(SC)n2C)C1=O. The second kappa shape index (κ2) is 7.49. The van der Waals surface area contributed by atoms with E-state index in [2.05, 4.69) is 15.6 Å². The Morgan fingerprint density at radius 3 is 2.83 bits per heavy atom. The summed E-state index contributed by atoms with van der Waals surface area (Å²) in [6.07, 6.45) is 4.27. The highest BCUT2D eigenvalue weighted by atomic mass is 32.2. The van der Waals surface area contributed by atoms with E-state index in [-0.39, 0.29) is 18.2 Å². The molecule has 0 saturated carbocycles. The van der Waals surface area contributed by atoms with Crippen LogP contribution in [-0.2, 0) is 23.2 Å². The molecular formula is C14H21N5O3S. The lowest BCUT2D eigenvalue weighted by Crippen LogP contribution is -2.36. The highest BCUT2D eigenvalue weighted by Crippen LogP contribution is 2.14. The highest BCUT2D eigenvalue weighted by Gasteiger charge is 2.38. The van der Waals surface area contributed by atoms with Crippen LogP contribution in [0, 0.1) is 0 Å². The Morgan fingerprint density at radius 2 is 2.22 bits per heavy atom. The van der Waals surface area contributed by atoms with Gasteiger partial charge in [0.2, 0.25) is 5.91 Å². The van der Waals surface area contributed by atoms with Gasteiger partial charge in [0.15, 0.2) is 5.16 Å². The smallest absolute Gasteiger partial charge is 0.324 e. The third-order valence-electron chi connectivity index (χ3n) is 3.63. The van der Waals surface area contributed by atoms with Gasteiger partial charge in [0, 0.05) is 13.6 Å². The Morgan fingerprint density at radius 1 is 1.48 bits per heavy atom. The van der Waals surface area contributed by atoms with Crippen LogP contribution < -0.4 is 10.6 Å². The molecule has 1 atom stereocenters. The zero-order chi connectivity index (χ0) is 17.0. The minimum Gasteiger partial charge on any atom is -0.350 e. The van der Waals surface area contributed by atoms with Crippen LogP contribution in [0.3, 0.4) is 0 Å². The summed E-state index contributed by atoms with van der Waals surface area (Å²) in [6.45, 7) is 2.59. The molecule has 9 heteroatoms. The van der Waals surface area contributed by atoms with Gasteiger partial charge in [-0.25, -0.2) is 9.78 Å². The third kappa shape index (κ3) is 3.84. The van der Waals surface area contributed by atoms with Crippen LogP contribution in [0.1, 0.15) is 25.5 Å². The summed E-state index contributed by atoms with van der Waals surface area (Å²) < 4.78 is 1.90. The second-order valence-electron chi connectivity index (χ2n) is 5.27. The zero-order valence-electron chi connectivity index (χ0n) is 13.5. The minimum atomic E-state index is -0.776. The van der Waals surface area contributed by atoms with E-state index in [4.69, 9.17) is 0 Å². The standard InChI is InChI=1S/C14H21N5O3S/c1-4-5-19-12(21)10(17-13(19)22)6-11(20)15-7-9-8-16-14(23-3)18(9)2/h8,10H,4-7H2,1-3H3,(H,15,20)(H,17,22)/t10-/m0/s1. The zero-order valence-corrected chi connectivity index (χ0v) is 14.3. The molecule has 0 radical (unpaired) electrons. The topological polar surface area (TPSA) is 96.3 Å². The monoisotopic (exact) mass is 339 g/mol. The number of urea groups is 1. The van der Waals surface area contributed by atoms with Gasteiger partial charge in [-0.05, 0) is 12.7 Å². The van der Waals surface area contributed by atoms with Gasteiger partial charge in [-0.15, -0.1) is 0 Å². The first-order valence-corrected chi connectivity index (χ1v) is 8.63. The van der Waals surface area contributed by atoms with Crippen LogP contribution in [0.5, 0.6) is 0 Å². The summed E-state index contributed by atoms with van der Waals surface area (Å²) in [5.41, 5.74) is 0.872. The van der Waals surface area contributed by atoms with E-state index in [1.54, 1.807) is 6.20 Å².